The minimum Gasteiger partial charge on any atom is -0.495 e. The summed E-state index contributed by atoms with van der Waals surface area (Å²) in [7, 11) is 1.37. The first-order chi connectivity index (χ1) is 10.3. The number of methoxy groups -OCH3 is 1. The van der Waals surface area contributed by atoms with Crippen molar-refractivity contribution in [2.45, 2.75) is 24.3 Å². The zero-order valence-corrected chi connectivity index (χ0v) is 13.1. The van der Waals surface area contributed by atoms with Crippen LogP contribution in [0.2, 0.25) is 0 Å². The van der Waals surface area contributed by atoms with Gasteiger partial charge in [-0.3, -0.25) is 14.9 Å². The molecule has 0 fully saturated rings. The Labute approximate surface area is 131 Å². The standard InChI is InChI=1S/C13H16N2O6S/c1-4-8(13(17)18)14-12(16)7-5-11(22-3)10(21-2)6-9(7)15(19)20/h5-6,8H,4H2,1-3H3,(H,14,16)(H,17,18). The van der Waals surface area contributed by atoms with Gasteiger partial charge in [0.05, 0.1) is 23.0 Å². The third-order valence-corrected chi connectivity index (χ3v) is 3.71. The van der Waals surface area contributed by atoms with Crippen LogP contribution in [0.4, 0.5) is 5.69 Å². The van der Waals surface area contributed by atoms with E-state index < -0.39 is 28.5 Å². The minimum absolute atomic E-state index is 0.167. The van der Waals surface area contributed by atoms with Gasteiger partial charge in [0, 0.05) is 0 Å². The van der Waals surface area contributed by atoms with E-state index in [2.05, 4.69) is 5.32 Å². The summed E-state index contributed by atoms with van der Waals surface area (Å²) in [4.78, 5) is 34.1. The zero-order chi connectivity index (χ0) is 16.9. The molecular weight excluding hydrogens is 312 g/mol. The smallest absolute Gasteiger partial charge is 0.326 e. The second-order valence-electron chi connectivity index (χ2n) is 4.25. The number of hydrogen-bond donors (Lipinski definition) is 2. The Morgan fingerprint density at radius 3 is 2.55 bits per heavy atom. The van der Waals surface area contributed by atoms with Gasteiger partial charge < -0.3 is 15.2 Å². The molecule has 1 unspecified atom stereocenters. The van der Waals surface area contributed by atoms with Gasteiger partial charge in [-0.25, -0.2) is 4.79 Å². The molecule has 1 atom stereocenters. The number of nitrogens with one attached hydrogen (secondary N) is 1. The van der Waals surface area contributed by atoms with E-state index in [-0.39, 0.29) is 17.7 Å². The molecule has 0 heterocycles. The number of thioether (sulfide) groups is 1. The number of ether oxygens (including phenoxy) is 1. The largest absolute Gasteiger partial charge is 0.495 e. The highest BCUT2D eigenvalue weighted by Crippen LogP contribution is 2.34. The lowest BCUT2D eigenvalue weighted by Gasteiger charge is -2.14. The number of aliphatic carboxylic acids is 1. The highest BCUT2D eigenvalue weighted by atomic mass is 32.2. The lowest BCUT2D eigenvalue weighted by atomic mass is 10.1. The van der Waals surface area contributed by atoms with Crippen LogP contribution in [0.1, 0.15) is 23.7 Å². The SMILES string of the molecule is CCC(NC(=O)c1cc(SC)c(OC)cc1[N+](=O)[O-])C(=O)O. The molecule has 1 amide bonds. The molecule has 1 aromatic rings. The van der Waals surface area contributed by atoms with Gasteiger partial charge in [-0.15, -0.1) is 11.8 Å². The quantitative estimate of drug-likeness (QED) is 0.446. The van der Waals surface area contributed by atoms with E-state index in [9.17, 15) is 19.7 Å². The summed E-state index contributed by atoms with van der Waals surface area (Å²) in [5, 5.41) is 22.4. The molecule has 22 heavy (non-hydrogen) atoms. The molecule has 8 nitrogen and oxygen atoms in total. The maximum absolute atomic E-state index is 12.2. The number of nitrogens with zero attached hydrogens (tertiary/aromatic N) is 1. The van der Waals surface area contributed by atoms with Crippen molar-refractivity contribution in [2.24, 2.45) is 0 Å². The van der Waals surface area contributed by atoms with Gasteiger partial charge in [0.2, 0.25) is 0 Å². The lowest BCUT2D eigenvalue weighted by Crippen LogP contribution is -2.40. The molecule has 1 aromatic carbocycles. The number of nitro groups is 1. The van der Waals surface area contributed by atoms with Crippen molar-refractivity contribution in [2.75, 3.05) is 13.4 Å². The topological polar surface area (TPSA) is 119 Å². The highest BCUT2D eigenvalue weighted by Gasteiger charge is 2.26. The van der Waals surface area contributed by atoms with Crippen molar-refractivity contribution >= 4 is 29.3 Å². The van der Waals surface area contributed by atoms with E-state index in [4.69, 9.17) is 9.84 Å². The molecule has 2 N–H and O–H groups in total. The number of amides is 1. The summed E-state index contributed by atoms with van der Waals surface area (Å²) in [5.74, 6) is -1.72. The summed E-state index contributed by atoms with van der Waals surface area (Å²) >= 11 is 1.26. The Morgan fingerprint density at radius 1 is 1.50 bits per heavy atom. The van der Waals surface area contributed by atoms with Crippen LogP contribution in [0.3, 0.4) is 0 Å². The molecule has 9 heteroatoms. The van der Waals surface area contributed by atoms with Gasteiger partial charge in [-0.1, -0.05) is 6.92 Å². The predicted octanol–water partition coefficient (Wildman–Crippen LogP) is 1.92. The number of carboxylic acids is 1. The first-order valence-corrected chi connectivity index (χ1v) is 7.52. The Balaban J connectivity index is 3.29. The van der Waals surface area contributed by atoms with Crippen LogP contribution in [0.5, 0.6) is 5.75 Å². The van der Waals surface area contributed by atoms with Crippen LogP contribution in [0.15, 0.2) is 17.0 Å². The van der Waals surface area contributed by atoms with E-state index >= 15 is 0 Å². The summed E-state index contributed by atoms with van der Waals surface area (Å²) in [6.07, 6.45) is 1.90. The fourth-order valence-electron chi connectivity index (χ4n) is 1.78. The molecule has 0 aliphatic rings. The van der Waals surface area contributed by atoms with Gasteiger partial charge in [-0.05, 0) is 18.7 Å². The van der Waals surface area contributed by atoms with Crippen molar-refractivity contribution in [3.05, 3.63) is 27.8 Å². The van der Waals surface area contributed by atoms with E-state index in [0.717, 1.165) is 6.07 Å². The second kappa shape index (κ2) is 7.64. The summed E-state index contributed by atoms with van der Waals surface area (Å²) < 4.78 is 5.05. The molecule has 0 bridgehead atoms. The van der Waals surface area contributed by atoms with E-state index in [1.54, 1.807) is 13.2 Å². The number of hydrogen-bond acceptors (Lipinski definition) is 6. The van der Waals surface area contributed by atoms with Crippen molar-refractivity contribution in [3.8, 4) is 5.75 Å². The third kappa shape index (κ3) is 3.88. The lowest BCUT2D eigenvalue weighted by molar-refractivity contribution is -0.385. The Bertz CT molecular complexity index is 604. The van der Waals surface area contributed by atoms with E-state index in [1.165, 1.54) is 24.9 Å². The number of carboxylic acid groups (broad SMARTS) is 1. The van der Waals surface area contributed by atoms with Crippen LogP contribution in [-0.2, 0) is 4.79 Å². The minimum atomic E-state index is -1.20. The number of carbonyl (C=O) groups is 2. The van der Waals surface area contributed by atoms with Gasteiger partial charge in [0.15, 0.2) is 0 Å². The maximum atomic E-state index is 12.2. The molecule has 0 saturated heterocycles. The molecule has 0 aliphatic heterocycles. The van der Waals surface area contributed by atoms with Crippen molar-refractivity contribution in [1.29, 1.82) is 0 Å². The van der Waals surface area contributed by atoms with Gasteiger partial charge in [0.25, 0.3) is 11.6 Å². The van der Waals surface area contributed by atoms with Gasteiger partial charge in [0.1, 0.15) is 17.4 Å². The fourth-order valence-corrected chi connectivity index (χ4v) is 2.35. The maximum Gasteiger partial charge on any atom is 0.326 e. The Hall–Kier alpha value is -2.29. The summed E-state index contributed by atoms with van der Waals surface area (Å²) in [6.45, 7) is 1.59. The molecule has 0 radical (unpaired) electrons. The predicted molar refractivity (Wildman–Crippen MR) is 80.6 cm³/mol. The van der Waals surface area contributed by atoms with Crippen LogP contribution in [-0.4, -0.2) is 41.3 Å². The summed E-state index contributed by atoms with van der Waals surface area (Å²) in [5.41, 5.74) is -0.637. The summed E-state index contributed by atoms with van der Waals surface area (Å²) in [6, 6.07) is 1.38. The van der Waals surface area contributed by atoms with E-state index in [0.29, 0.717) is 4.90 Å². The number of nitro benzene ring substituents is 1. The second-order valence-corrected chi connectivity index (χ2v) is 5.10. The van der Waals surface area contributed by atoms with Crippen molar-refractivity contribution in [3.63, 3.8) is 0 Å². The number of benzene rings is 1. The molecule has 0 saturated carbocycles. The molecule has 1 rings (SSSR count). The van der Waals surface area contributed by atoms with Gasteiger partial charge in [-0.2, -0.15) is 0 Å². The molecule has 0 spiro atoms. The first kappa shape index (κ1) is 17.8. The fraction of sp³-hybridized carbons (Fsp3) is 0.385. The number of rotatable bonds is 7. The van der Waals surface area contributed by atoms with Gasteiger partial charge >= 0.3 is 5.97 Å². The van der Waals surface area contributed by atoms with Crippen LogP contribution in [0, 0.1) is 10.1 Å². The highest BCUT2D eigenvalue weighted by molar-refractivity contribution is 7.98. The first-order valence-electron chi connectivity index (χ1n) is 6.29. The Morgan fingerprint density at radius 2 is 2.14 bits per heavy atom. The third-order valence-electron chi connectivity index (χ3n) is 2.95. The molecular formula is C13H16N2O6S. The molecule has 120 valence electrons. The van der Waals surface area contributed by atoms with Crippen molar-refractivity contribution < 1.29 is 24.4 Å². The van der Waals surface area contributed by atoms with Crippen LogP contribution < -0.4 is 10.1 Å². The number of carbonyl (C=O) groups excluding carboxylic acids is 1. The molecule has 0 aliphatic carbocycles. The normalized spacial score (nSPS) is 11.6. The zero-order valence-electron chi connectivity index (χ0n) is 12.3. The monoisotopic (exact) mass is 328 g/mol. The van der Waals surface area contributed by atoms with E-state index in [1.807, 2.05) is 0 Å². The van der Waals surface area contributed by atoms with Crippen LogP contribution in [0.25, 0.3) is 0 Å². The average Bonchev–Trinajstić information content (AvgIpc) is 2.50. The van der Waals surface area contributed by atoms with Crippen molar-refractivity contribution in [1.82, 2.24) is 5.32 Å². The molecule has 0 aromatic heterocycles. The average molecular weight is 328 g/mol. The van der Waals surface area contributed by atoms with Crippen LogP contribution >= 0.6 is 11.8 Å². The Kier molecular flexibility index (Phi) is 6.17.